The lowest BCUT2D eigenvalue weighted by Crippen LogP contribution is -2.51. The van der Waals surface area contributed by atoms with Crippen LogP contribution in [0.25, 0.3) is 0 Å². The van der Waals surface area contributed by atoms with Gasteiger partial charge in [0.1, 0.15) is 0 Å². The van der Waals surface area contributed by atoms with Crippen LogP contribution in [0.15, 0.2) is 81.6 Å². The van der Waals surface area contributed by atoms with Crippen molar-refractivity contribution in [2.24, 2.45) is 11.7 Å². The van der Waals surface area contributed by atoms with Crippen LogP contribution in [0.3, 0.4) is 0 Å². The smallest absolute Gasteiger partial charge is 0.250 e. The number of halogens is 3. The Hall–Kier alpha value is -2.93. The Balaban J connectivity index is 2.25. The fourth-order valence-corrected chi connectivity index (χ4v) is 5.28. The molecule has 0 saturated heterocycles. The highest BCUT2D eigenvalue weighted by atomic mass is 35.5. The molecule has 0 aromatic heterocycles. The molecular formula is C24H26ClF2N3O2. The molecule has 0 fully saturated rings. The minimum absolute atomic E-state index is 0.0297. The van der Waals surface area contributed by atoms with Crippen molar-refractivity contribution in [1.29, 1.82) is 0 Å². The first-order chi connectivity index (χ1) is 15.0. The van der Waals surface area contributed by atoms with Gasteiger partial charge >= 0.3 is 0 Å². The summed E-state index contributed by atoms with van der Waals surface area (Å²) in [6.07, 6.45) is 4.77. The number of carbonyl (C=O) groups excluding carboxylic acids is 2. The van der Waals surface area contributed by atoms with Crippen LogP contribution in [0.4, 0.5) is 8.78 Å². The lowest BCUT2D eigenvalue weighted by Gasteiger charge is -2.40. The molecule has 0 aromatic rings. The Morgan fingerprint density at radius 3 is 2.47 bits per heavy atom. The van der Waals surface area contributed by atoms with Gasteiger partial charge in [0.05, 0.1) is 17.0 Å². The zero-order chi connectivity index (χ0) is 24.0. The van der Waals surface area contributed by atoms with Crippen molar-refractivity contribution in [2.75, 3.05) is 13.1 Å². The van der Waals surface area contributed by atoms with Gasteiger partial charge in [-0.3, -0.25) is 9.59 Å². The number of hydrogen-bond donors (Lipinski definition) is 2. The Morgan fingerprint density at radius 2 is 1.94 bits per heavy atom. The molecule has 0 spiro atoms. The maximum Gasteiger partial charge on any atom is 0.250 e. The van der Waals surface area contributed by atoms with Crippen molar-refractivity contribution in [3.8, 4) is 0 Å². The monoisotopic (exact) mass is 461 g/mol. The highest BCUT2D eigenvalue weighted by Crippen LogP contribution is 2.54. The first-order valence-electron chi connectivity index (χ1n) is 10.2. The zero-order valence-electron chi connectivity index (χ0n) is 18.3. The molecular weight excluding hydrogens is 436 g/mol. The predicted molar refractivity (Wildman–Crippen MR) is 121 cm³/mol. The molecule has 2 heterocycles. The minimum Gasteiger partial charge on any atom is -0.377 e. The molecule has 0 bridgehead atoms. The van der Waals surface area contributed by atoms with Crippen LogP contribution in [-0.4, -0.2) is 35.3 Å². The van der Waals surface area contributed by atoms with Crippen LogP contribution in [0.1, 0.15) is 27.2 Å². The molecule has 2 atom stereocenters. The van der Waals surface area contributed by atoms with Crippen molar-refractivity contribution < 1.29 is 18.4 Å². The molecule has 0 radical (unpaired) electrons. The number of primary amides is 1. The molecule has 1 aliphatic carbocycles. The molecule has 8 heteroatoms. The number of carbonyl (C=O) groups is 2. The Kier molecular flexibility index (Phi) is 6.33. The number of hydrogen-bond acceptors (Lipinski definition) is 3. The number of nitrogens with zero attached hydrogens (tertiary/aromatic N) is 1. The predicted octanol–water partition coefficient (Wildman–Crippen LogP) is 4.23. The maximum atomic E-state index is 15.6. The standard InChI is InChI=1S/C24H26ClF2N3O2/c1-6-8-15(14-9-10-30(11-12(14)3)16(31)7-2)17-18-20(25)13(4)29-24(18,5)19(23(28)32)22(27)21(17)26/h6-8,18,29H,1-2,9-11H2,3-5H3,(H2,28,32)/b15-8+. The summed E-state index contributed by atoms with van der Waals surface area (Å²) < 4.78 is 30.9. The van der Waals surface area contributed by atoms with E-state index in [0.717, 1.165) is 11.1 Å². The third-order valence-electron chi connectivity index (χ3n) is 6.30. The first-order valence-corrected chi connectivity index (χ1v) is 10.5. The molecule has 0 saturated carbocycles. The van der Waals surface area contributed by atoms with E-state index in [9.17, 15) is 9.59 Å². The molecule has 2 amide bonds. The lowest BCUT2D eigenvalue weighted by atomic mass is 9.68. The van der Waals surface area contributed by atoms with Crippen molar-refractivity contribution in [1.82, 2.24) is 10.2 Å². The van der Waals surface area contributed by atoms with Crippen LogP contribution in [0.2, 0.25) is 0 Å². The van der Waals surface area contributed by atoms with Crippen molar-refractivity contribution in [3.63, 3.8) is 0 Å². The average molecular weight is 462 g/mol. The number of allylic oxidation sites excluding steroid dienone is 6. The van der Waals surface area contributed by atoms with Gasteiger partial charge in [0.25, 0.3) is 0 Å². The average Bonchev–Trinajstić information content (AvgIpc) is 2.95. The van der Waals surface area contributed by atoms with E-state index < -0.39 is 34.6 Å². The normalized spacial score (nSPS) is 26.4. The van der Waals surface area contributed by atoms with E-state index in [-0.39, 0.29) is 16.5 Å². The van der Waals surface area contributed by atoms with Crippen molar-refractivity contribution >= 4 is 23.4 Å². The van der Waals surface area contributed by atoms with Gasteiger partial charge < -0.3 is 16.0 Å². The maximum absolute atomic E-state index is 15.6. The summed E-state index contributed by atoms with van der Waals surface area (Å²) in [6, 6.07) is 0. The number of fused-ring (bicyclic) bond motifs is 1. The zero-order valence-corrected chi connectivity index (χ0v) is 19.1. The van der Waals surface area contributed by atoms with Gasteiger partial charge in [-0.2, -0.15) is 0 Å². The van der Waals surface area contributed by atoms with Crippen LogP contribution < -0.4 is 11.1 Å². The van der Waals surface area contributed by atoms with E-state index in [1.165, 1.54) is 12.2 Å². The van der Waals surface area contributed by atoms with Crippen LogP contribution >= 0.6 is 11.6 Å². The molecule has 3 rings (SSSR count). The van der Waals surface area contributed by atoms with Gasteiger partial charge in [0.15, 0.2) is 11.7 Å². The molecule has 2 unspecified atom stereocenters. The summed E-state index contributed by atoms with van der Waals surface area (Å²) in [7, 11) is 0. The molecule has 3 aliphatic rings. The van der Waals surface area contributed by atoms with E-state index in [4.69, 9.17) is 17.3 Å². The number of amides is 2. The highest BCUT2D eigenvalue weighted by molar-refractivity contribution is 6.31. The summed E-state index contributed by atoms with van der Waals surface area (Å²) in [5, 5.41) is 3.32. The third-order valence-corrected chi connectivity index (χ3v) is 6.80. The lowest BCUT2D eigenvalue weighted by molar-refractivity contribution is -0.125. The van der Waals surface area contributed by atoms with E-state index >= 15 is 8.78 Å². The van der Waals surface area contributed by atoms with Gasteiger partial charge in [-0.15, -0.1) is 0 Å². The molecule has 32 heavy (non-hydrogen) atoms. The van der Waals surface area contributed by atoms with Gasteiger partial charge in [0, 0.05) is 29.4 Å². The summed E-state index contributed by atoms with van der Waals surface area (Å²) >= 11 is 6.59. The van der Waals surface area contributed by atoms with Crippen molar-refractivity contribution in [2.45, 2.75) is 32.7 Å². The fraction of sp³-hybridized carbons (Fsp3) is 0.333. The summed E-state index contributed by atoms with van der Waals surface area (Å²) in [5.74, 6) is -4.60. The second-order valence-electron chi connectivity index (χ2n) is 8.30. The molecule has 2 aliphatic heterocycles. The minimum atomic E-state index is -1.35. The largest absolute Gasteiger partial charge is 0.377 e. The molecule has 170 valence electrons. The number of rotatable bonds is 5. The highest BCUT2D eigenvalue weighted by Gasteiger charge is 2.55. The Bertz CT molecular complexity index is 1100. The topological polar surface area (TPSA) is 75.4 Å². The summed E-state index contributed by atoms with van der Waals surface area (Å²) in [5.41, 5.74) is 6.19. The Labute approximate surface area is 191 Å². The Morgan fingerprint density at radius 1 is 1.28 bits per heavy atom. The molecule has 0 aromatic carbocycles. The molecule has 5 nitrogen and oxygen atoms in total. The van der Waals surface area contributed by atoms with E-state index in [1.54, 1.807) is 24.8 Å². The van der Waals surface area contributed by atoms with Crippen molar-refractivity contribution in [3.05, 3.63) is 81.6 Å². The first kappa shape index (κ1) is 23.7. The second kappa shape index (κ2) is 8.54. The third kappa shape index (κ3) is 3.54. The molecule has 3 N–H and O–H groups in total. The van der Waals surface area contributed by atoms with E-state index in [2.05, 4.69) is 18.5 Å². The van der Waals surface area contributed by atoms with Crippen LogP contribution in [0.5, 0.6) is 0 Å². The number of nitrogens with one attached hydrogen (secondary N) is 1. The second-order valence-corrected chi connectivity index (χ2v) is 8.71. The summed E-state index contributed by atoms with van der Waals surface area (Å²) in [4.78, 5) is 25.8. The van der Waals surface area contributed by atoms with E-state index in [1.807, 2.05) is 6.92 Å². The quantitative estimate of drug-likeness (QED) is 0.475. The van der Waals surface area contributed by atoms with Crippen LogP contribution in [-0.2, 0) is 9.59 Å². The van der Waals surface area contributed by atoms with Crippen LogP contribution in [0, 0.1) is 5.92 Å². The van der Waals surface area contributed by atoms with E-state index in [0.29, 0.717) is 30.8 Å². The van der Waals surface area contributed by atoms with Gasteiger partial charge in [-0.05, 0) is 44.4 Å². The summed E-state index contributed by atoms with van der Waals surface area (Å²) in [6.45, 7) is 13.1. The number of nitrogens with two attached hydrogens (primary N) is 1. The van der Waals surface area contributed by atoms with Gasteiger partial charge in [0.2, 0.25) is 11.8 Å². The van der Waals surface area contributed by atoms with Gasteiger partial charge in [-0.25, -0.2) is 8.78 Å². The fourth-order valence-electron chi connectivity index (χ4n) is 4.91. The van der Waals surface area contributed by atoms with Gasteiger partial charge in [-0.1, -0.05) is 42.5 Å². The SMILES string of the molecule is C=C/C=C(\C1=C(C)CN(C(=O)C=C)CC1)C1=C(F)C(F)=C(C(N)=O)C2(C)NC(C)=C(Cl)C12.